The molecule has 0 radical (unpaired) electrons. The second-order valence-corrected chi connectivity index (χ2v) is 5.59. The number of amidine groups is 1. The first-order valence-electron chi connectivity index (χ1n) is 5.48. The van der Waals surface area contributed by atoms with Gasteiger partial charge in [-0.25, -0.2) is 9.38 Å². The number of benzene rings is 1. The highest BCUT2D eigenvalue weighted by Gasteiger charge is 2.37. The number of nitrogens with zero attached hydrogens (tertiary/aromatic N) is 1. The first-order valence-corrected chi connectivity index (χ1v) is 6.80. The number of hydrogen-bond donors (Lipinski definition) is 1. The van der Waals surface area contributed by atoms with Crippen molar-refractivity contribution in [3.63, 3.8) is 0 Å². The molecule has 0 aromatic heterocycles. The van der Waals surface area contributed by atoms with Crippen LogP contribution in [0.25, 0.3) is 0 Å². The SMILES string of the molecule is Cc1cc(F)c(/N=C(\N)C(F)(F)F)cc1[S+]([O-])CC(F)(F)F. The topological polar surface area (TPSA) is 61.4 Å². The molecule has 0 aliphatic rings. The molecule has 0 saturated carbocycles. The molecule has 0 fully saturated rings. The van der Waals surface area contributed by atoms with E-state index in [2.05, 4.69) is 10.7 Å². The van der Waals surface area contributed by atoms with Crippen LogP contribution in [0.1, 0.15) is 5.56 Å². The van der Waals surface area contributed by atoms with E-state index in [1.54, 1.807) is 0 Å². The normalized spacial score (nSPS) is 15.0. The van der Waals surface area contributed by atoms with Gasteiger partial charge in [-0.05, 0) is 24.2 Å². The summed E-state index contributed by atoms with van der Waals surface area (Å²) >= 11 is -2.60. The van der Waals surface area contributed by atoms with E-state index in [4.69, 9.17) is 0 Å². The van der Waals surface area contributed by atoms with Crippen molar-refractivity contribution in [3.8, 4) is 0 Å². The fourth-order valence-corrected chi connectivity index (χ4v) is 2.51. The van der Waals surface area contributed by atoms with Crippen LogP contribution in [0.15, 0.2) is 22.0 Å². The van der Waals surface area contributed by atoms with Crippen molar-refractivity contribution in [2.24, 2.45) is 10.7 Å². The summed E-state index contributed by atoms with van der Waals surface area (Å²) in [6, 6.07) is 1.21. The molecular weight excluding hydrogens is 341 g/mol. The molecule has 3 nitrogen and oxygen atoms in total. The Morgan fingerprint density at radius 2 is 1.77 bits per heavy atom. The van der Waals surface area contributed by atoms with Crippen LogP contribution in [-0.2, 0) is 11.2 Å². The van der Waals surface area contributed by atoms with Gasteiger partial charge in [0.1, 0.15) is 11.5 Å². The van der Waals surface area contributed by atoms with Crippen molar-refractivity contribution in [3.05, 3.63) is 23.5 Å². The largest absolute Gasteiger partial charge is 0.611 e. The van der Waals surface area contributed by atoms with Gasteiger partial charge >= 0.3 is 12.4 Å². The molecule has 11 heteroatoms. The number of alkyl halides is 6. The Morgan fingerprint density at radius 3 is 2.23 bits per heavy atom. The molecule has 1 rings (SSSR count). The van der Waals surface area contributed by atoms with Gasteiger partial charge in [0.05, 0.1) is 0 Å². The zero-order valence-electron chi connectivity index (χ0n) is 10.8. The highest BCUT2D eigenvalue weighted by atomic mass is 32.2. The molecule has 1 aromatic carbocycles. The van der Waals surface area contributed by atoms with Gasteiger partial charge in [-0.2, -0.15) is 26.3 Å². The summed E-state index contributed by atoms with van der Waals surface area (Å²) in [5, 5.41) is 0. The molecule has 0 saturated heterocycles. The van der Waals surface area contributed by atoms with Crippen LogP contribution in [0.5, 0.6) is 0 Å². The standard InChI is InChI=1S/C11H9F7N2OS/c1-5-2-6(12)7(20-9(19)11(16,17)18)3-8(5)22(21)4-10(13,14)15/h2-3H,4H2,1H3,(H2,19,20). The highest BCUT2D eigenvalue weighted by molar-refractivity contribution is 7.91. The van der Waals surface area contributed by atoms with E-state index in [-0.39, 0.29) is 5.56 Å². The van der Waals surface area contributed by atoms with E-state index in [1.807, 2.05) is 0 Å². The number of aliphatic imine (C=N–C) groups is 1. The second-order valence-electron chi connectivity index (χ2n) is 4.17. The van der Waals surface area contributed by atoms with Gasteiger partial charge in [0.15, 0.2) is 4.90 Å². The third kappa shape index (κ3) is 5.05. The summed E-state index contributed by atoms with van der Waals surface area (Å²) < 4.78 is 98.5. The van der Waals surface area contributed by atoms with E-state index in [1.165, 1.54) is 6.92 Å². The fourth-order valence-electron chi connectivity index (χ4n) is 1.39. The average Bonchev–Trinajstić information content (AvgIpc) is 2.28. The number of rotatable bonds is 3. The Hall–Kier alpha value is -1.49. The van der Waals surface area contributed by atoms with Gasteiger partial charge in [0.2, 0.25) is 11.6 Å². The molecule has 0 aliphatic heterocycles. The van der Waals surface area contributed by atoms with Crippen LogP contribution in [0.3, 0.4) is 0 Å². The molecular formula is C11H9F7N2OS. The molecule has 1 aromatic rings. The van der Waals surface area contributed by atoms with Gasteiger partial charge in [-0.3, -0.25) is 0 Å². The summed E-state index contributed by atoms with van der Waals surface area (Å²) in [4.78, 5) is 2.32. The Morgan fingerprint density at radius 1 is 1.23 bits per heavy atom. The van der Waals surface area contributed by atoms with Crippen molar-refractivity contribution in [1.29, 1.82) is 0 Å². The third-order valence-electron chi connectivity index (χ3n) is 2.32. The van der Waals surface area contributed by atoms with E-state index in [0.29, 0.717) is 12.1 Å². The highest BCUT2D eigenvalue weighted by Crippen LogP contribution is 2.30. The van der Waals surface area contributed by atoms with Crippen molar-refractivity contribution in [1.82, 2.24) is 0 Å². The lowest BCUT2D eigenvalue weighted by Gasteiger charge is -2.15. The van der Waals surface area contributed by atoms with Crippen LogP contribution >= 0.6 is 0 Å². The first-order chi connectivity index (χ1) is 9.81. The summed E-state index contributed by atoms with van der Waals surface area (Å²) in [5.74, 6) is -4.81. The van der Waals surface area contributed by atoms with Gasteiger partial charge in [0, 0.05) is 11.6 Å². The predicted molar refractivity (Wildman–Crippen MR) is 65.8 cm³/mol. The monoisotopic (exact) mass is 350 g/mol. The molecule has 1 unspecified atom stereocenters. The molecule has 1 atom stereocenters. The molecule has 0 bridgehead atoms. The van der Waals surface area contributed by atoms with Crippen LogP contribution < -0.4 is 5.73 Å². The molecule has 124 valence electrons. The van der Waals surface area contributed by atoms with E-state index < -0.39 is 51.5 Å². The molecule has 0 heterocycles. The third-order valence-corrected chi connectivity index (χ3v) is 3.84. The quantitative estimate of drug-likeness (QED) is 0.393. The minimum atomic E-state index is -5.03. The summed E-state index contributed by atoms with van der Waals surface area (Å²) in [5.41, 5.74) is 3.57. The Kier molecular flexibility index (Phi) is 5.34. The predicted octanol–water partition coefficient (Wildman–Crippen LogP) is 3.36. The maximum atomic E-state index is 13.5. The van der Waals surface area contributed by atoms with Gasteiger partial charge in [-0.15, -0.1) is 0 Å². The molecule has 0 amide bonds. The first kappa shape index (κ1) is 18.6. The van der Waals surface area contributed by atoms with Crippen molar-refractivity contribution < 1.29 is 35.3 Å². The molecule has 22 heavy (non-hydrogen) atoms. The lowest BCUT2D eigenvalue weighted by molar-refractivity contribution is -0.106. The Bertz CT molecular complexity index is 583. The molecule has 2 N–H and O–H groups in total. The minimum Gasteiger partial charge on any atom is -0.611 e. The summed E-state index contributed by atoms with van der Waals surface area (Å²) in [6.45, 7) is 1.17. The average molecular weight is 350 g/mol. The summed E-state index contributed by atoms with van der Waals surface area (Å²) in [6.07, 6.45) is -9.78. The maximum absolute atomic E-state index is 13.5. The fraction of sp³-hybridized carbons (Fsp3) is 0.364. The Balaban J connectivity index is 3.26. The van der Waals surface area contributed by atoms with Crippen molar-refractivity contribution in [2.75, 3.05) is 5.75 Å². The smallest absolute Gasteiger partial charge is 0.448 e. The minimum absolute atomic E-state index is 0.107. The number of aryl methyl sites for hydroxylation is 1. The Labute approximate surface area is 123 Å². The van der Waals surface area contributed by atoms with Crippen LogP contribution in [0.4, 0.5) is 36.4 Å². The zero-order chi connectivity index (χ0) is 17.3. The van der Waals surface area contributed by atoms with Gasteiger partial charge < -0.3 is 10.3 Å². The van der Waals surface area contributed by atoms with E-state index in [9.17, 15) is 35.3 Å². The van der Waals surface area contributed by atoms with Crippen LogP contribution in [0, 0.1) is 12.7 Å². The van der Waals surface area contributed by atoms with Crippen molar-refractivity contribution in [2.45, 2.75) is 24.2 Å². The van der Waals surface area contributed by atoms with E-state index in [0.717, 1.165) is 0 Å². The second kappa shape index (κ2) is 6.32. The number of hydrogen-bond acceptors (Lipinski definition) is 2. The van der Waals surface area contributed by atoms with Crippen LogP contribution in [-0.4, -0.2) is 28.5 Å². The lowest BCUT2D eigenvalue weighted by atomic mass is 10.2. The molecule has 0 aliphatic carbocycles. The maximum Gasteiger partial charge on any atom is 0.448 e. The van der Waals surface area contributed by atoms with Gasteiger partial charge in [0.25, 0.3) is 0 Å². The number of nitrogens with two attached hydrogens (primary N) is 1. The van der Waals surface area contributed by atoms with Crippen LogP contribution in [0.2, 0.25) is 0 Å². The number of halogens is 7. The van der Waals surface area contributed by atoms with Crippen molar-refractivity contribution >= 4 is 22.7 Å². The lowest BCUT2D eigenvalue weighted by Crippen LogP contribution is -2.31. The van der Waals surface area contributed by atoms with E-state index >= 15 is 0 Å². The molecule has 0 spiro atoms. The van der Waals surface area contributed by atoms with Gasteiger partial charge in [-0.1, -0.05) is 0 Å². The summed E-state index contributed by atoms with van der Waals surface area (Å²) in [7, 11) is 0. The zero-order valence-corrected chi connectivity index (χ0v) is 11.7.